The summed E-state index contributed by atoms with van der Waals surface area (Å²) in [5.41, 5.74) is 0. The highest BCUT2D eigenvalue weighted by Crippen LogP contribution is 2.22. The molecule has 0 saturated carbocycles. The van der Waals surface area contributed by atoms with Gasteiger partial charge >= 0.3 is 0 Å². The third-order valence-corrected chi connectivity index (χ3v) is 8.68. The smallest absolute Gasteiger partial charge is 0.100 e. The van der Waals surface area contributed by atoms with Crippen LogP contribution in [-0.2, 0) is 0 Å². The normalized spacial score (nSPS) is 15.4. The van der Waals surface area contributed by atoms with Crippen LogP contribution in [0.3, 0.4) is 0 Å². The minimum atomic E-state index is 0.620. The fourth-order valence-electron chi connectivity index (χ4n) is 6.05. The van der Waals surface area contributed by atoms with Crippen molar-refractivity contribution in [3.05, 3.63) is 12.4 Å². The standard InChI is InChI=1S/C35H70N2/c1-4-6-8-10-12-14-16-18-19-21-23-25-27-29-31-35-36(3)33-34-37(35)32-30-28-26-24-22-20-17-15-13-11-9-7-5-2/h33-35H,4-32H2,1-3H3. The summed E-state index contributed by atoms with van der Waals surface area (Å²) in [5, 5.41) is 0. The van der Waals surface area contributed by atoms with Crippen LogP contribution in [0.25, 0.3) is 0 Å². The summed E-state index contributed by atoms with van der Waals surface area (Å²) in [6.45, 7) is 5.86. The van der Waals surface area contributed by atoms with Crippen molar-refractivity contribution in [1.29, 1.82) is 0 Å². The lowest BCUT2D eigenvalue weighted by Crippen LogP contribution is -2.37. The Bertz CT molecular complexity index is 474. The van der Waals surface area contributed by atoms with Crippen molar-refractivity contribution in [2.45, 2.75) is 200 Å². The number of hydrogen-bond acceptors (Lipinski definition) is 2. The van der Waals surface area contributed by atoms with Crippen LogP contribution in [-0.4, -0.2) is 29.6 Å². The van der Waals surface area contributed by atoms with Crippen LogP contribution in [0.15, 0.2) is 12.4 Å². The molecule has 1 aliphatic heterocycles. The molecule has 0 N–H and O–H groups in total. The maximum Gasteiger partial charge on any atom is 0.100 e. The maximum absolute atomic E-state index is 2.63. The van der Waals surface area contributed by atoms with Gasteiger partial charge in [-0.1, -0.05) is 174 Å². The monoisotopic (exact) mass is 519 g/mol. The van der Waals surface area contributed by atoms with E-state index < -0.39 is 0 Å². The van der Waals surface area contributed by atoms with Gasteiger partial charge in [-0.2, -0.15) is 0 Å². The highest BCUT2D eigenvalue weighted by molar-refractivity contribution is 4.95. The van der Waals surface area contributed by atoms with E-state index in [0.29, 0.717) is 6.17 Å². The molecule has 0 aliphatic carbocycles. The van der Waals surface area contributed by atoms with Gasteiger partial charge in [0.1, 0.15) is 6.17 Å². The lowest BCUT2D eigenvalue weighted by atomic mass is 10.0. The lowest BCUT2D eigenvalue weighted by Gasteiger charge is -2.30. The largest absolute Gasteiger partial charge is 0.359 e. The van der Waals surface area contributed by atoms with Gasteiger partial charge in [-0.15, -0.1) is 0 Å². The highest BCUT2D eigenvalue weighted by Gasteiger charge is 2.22. The maximum atomic E-state index is 2.63. The van der Waals surface area contributed by atoms with E-state index in [2.05, 4.69) is 43.1 Å². The third-order valence-electron chi connectivity index (χ3n) is 8.68. The summed E-state index contributed by atoms with van der Waals surface area (Å²) in [5.74, 6) is 0. The number of hydrogen-bond donors (Lipinski definition) is 0. The zero-order chi connectivity index (χ0) is 26.7. The van der Waals surface area contributed by atoms with Crippen molar-refractivity contribution in [3.63, 3.8) is 0 Å². The topological polar surface area (TPSA) is 6.48 Å². The fourth-order valence-corrected chi connectivity index (χ4v) is 6.05. The number of rotatable bonds is 29. The van der Waals surface area contributed by atoms with Crippen LogP contribution in [0.4, 0.5) is 0 Å². The Morgan fingerprint density at radius 1 is 0.405 bits per heavy atom. The summed E-state index contributed by atoms with van der Waals surface area (Å²) < 4.78 is 0. The van der Waals surface area contributed by atoms with Gasteiger partial charge in [-0.25, -0.2) is 0 Å². The first kappa shape index (κ1) is 34.4. The molecule has 0 bridgehead atoms. The van der Waals surface area contributed by atoms with Gasteiger partial charge in [0, 0.05) is 26.0 Å². The van der Waals surface area contributed by atoms with Gasteiger partial charge < -0.3 is 9.80 Å². The van der Waals surface area contributed by atoms with Crippen LogP contribution >= 0.6 is 0 Å². The molecule has 1 aliphatic rings. The first-order valence-corrected chi connectivity index (χ1v) is 17.5. The molecule has 1 unspecified atom stereocenters. The van der Waals surface area contributed by atoms with Gasteiger partial charge in [0.15, 0.2) is 0 Å². The van der Waals surface area contributed by atoms with Crippen LogP contribution in [0.1, 0.15) is 194 Å². The molecule has 0 spiro atoms. The molecule has 0 saturated heterocycles. The Kier molecular flexibility index (Phi) is 25.0. The van der Waals surface area contributed by atoms with Crippen molar-refractivity contribution >= 4 is 0 Å². The molecule has 0 aromatic heterocycles. The first-order chi connectivity index (χ1) is 18.3. The molecular weight excluding hydrogens is 448 g/mol. The molecule has 0 amide bonds. The van der Waals surface area contributed by atoms with E-state index >= 15 is 0 Å². The van der Waals surface area contributed by atoms with E-state index in [0.717, 1.165) is 0 Å². The SMILES string of the molecule is CCCCCCCCCCCCCCCCC1N(C)C=CN1CCCCCCCCCCCCCCC. The van der Waals surface area contributed by atoms with E-state index in [-0.39, 0.29) is 0 Å². The van der Waals surface area contributed by atoms with Crippen molar-refractivity contribution < 1.29 is 0 Å². The van der Waals surface area contributed by atoms with Gasteiger partial charge in [-0.3, -0.25) is 0 Å². The predicted molar refractivity (Wildman–Crippen MR) is 168 cm³/mol. The van der Waals surface area contributed by atoms with Gasteiger partial charge in [0.2, 0.25) is 0 Å². The second-order valence-electron chi connectivity index (χ2n) is 12.3. The average Bonchev–Trinajstić information content (AvgIpc) is 3.25. The second-order valence-corrected chi connectivity index (χ2v) is 12.3. The summed E-state index contributed by atoms with van der Waals surface area (Å²) in [6, 6.07) is 0. The quantitative estimate of drug-likeness (QED) is 0.0908. The van der Waals surface area contributed by atoms with E-state index in [1.54, 1.807) is 0 Å². The molecule has 1 rings (SSSR count). The molecule has 1 heterocycles. The summed E-state index contributed by atoms with van der Waals surface area (Å²) in [4.78, 5) is 5.07. The Morgan fingerprint density at radius 3 is 1.11 bits per heavy atom. The molecule has 0 fully saturated rings. The molecule has 0 radical (unpaired) electrons. The van der Waals surface area contributed by atoms with Crippen LogP contribution < -0.4 is 0 Å². The Morgan fingerprint density at radius 2 is 0.730 bits per heavy atom. The van der Waals surface area contributed by atoms with E-state index in [1.807, 2.05) is 0 Å². The number of unbranched alkanes of at least 4 members (excludes halogenated alkanes) is 25. The predicted octanol–water partition coefficient (Wildman–Crippen LogP) is 12.0. The molecule has 1 atom stereocenters. The van der Waals surface area contributed by atoms with Crippen molar-refractivity contribution in [3.8, 4) is 0 Å². The molecule has 2 nitrogen and oxygen atoms in total. The molecular formula is C35H70N2. The third kappa shape index (κ3) is 20.9. The van der Waals surface area contributed by atoms with Gasteiger partial charge in [0.05, 0.1) is 0 Å². The van der Waals surface area contributed by atoms with Crippen LogP contribution in [0.2, 0.25) is 0 Å². The van der Waals surface area contributed by atoms with Crippen molar-refractivity contribution in [2.24, 2.45) is 0 Å². The van der Waals surface area contributed by atoms with E-state index in [9.17, 15) is 0 Å². The zero-order valence-corrected chi connectivity index (χ0v) is 26.1. The van der Waals surface area contributed by atoms with Crippen LogP contribution in [0.5, 0.6) is 0 Å². The zero-order valence-electron chi connectivity index (χ0n) is 26.1. The number of nitrogens with zero attached hydrogens (tertiary/aromatic N) is 2. The highest BCUT2D eigenvalue weighted by atomic mass is 15.4. The van der Waals surface area contributed by atoms with Gasteiger partial charge in [0.25, 0.3) is 0 Å². The first-order valence-electron chi connectivity index (χ1n) is 17.5. The summed E-state index contributed by atoms with van der Waals surface area (Å²) in [6.07, 6.45) is 45.6. The second kappa shape index (κ2) is 26.9. The Balaban J connectivity index is 1.88. The van der Waals surface area contributed by atoms with Gasteiger partial charge in [-0.05, 0) is 19.3 Å². The van der Waals surface area contributed by atoms with E-state index in [1.165, 1.54) is 186 Å². The van der Waals surface area contributed by atoms with E-state index in [4.69, 9.17) is 0 Å². The molecule has 220 valence electrons. The minimum absolute atomic E-state index is 0.620. The Labute approximate surface area is 235 Å². The Hall–Kier alpha value is -0.660. The van der Waals surface area contributed by atoms with Crippen LogP contribution in [0, 0.1) is 0 Å². The minimum Gasteiger partial charge on any atom is -0.359 e. The molecule has 2 heteroatoms. The fraction of sp³-hybridized carbons (Fsp3) is 0.943. The molecule has 37 heavy (non-hydrogen) atoms. The summed E-state index contributed by atoms with van der Waals surface area (Å²) in [7, 11) is 2.27. The lowest BCUT2D eigenvalue weighted by molar-refractivity contribution is 0.159. The van der Waals surface area contributed by atoms with Crippen molar-refractivity contribution in [1.82, 2.24) is 9.80 Å². The summed E-state index contributed by atoms with van der Waals surface area (Å²) >= 11 is 0. The molecule has 0 aromatic rings. The van der Waals surface area contributed by atoms with Crippen molar-refractivity contribution in [2.75, 3.05) is 13.6 Å². The molecule has 0 aromatic carbocycles. The average molecular weight is 519 g/mol.